The molecule has 0 saturated carbocycles. The maximum Gasteiger partial charge on any atom is 0.249 e. The van der Waals surface area contributed by atoms with Gasteiger partial charge in [-0.25, -0.2) is 0 Å². The number of nitrogens with one attached hydrogen (secondary N) is 1. The van der Waals surface area contributed by atoms with Crippen LogP contribution in [0.3, 0.4) is 0 Å². The SMILES string of the molecule is COc1ccc(/C2=C/C(=O)NC(=S)CCC2C[C@H](O)CO)c(OC)c1. The number of rotatable bonds is 6. The molecule has 1 aromatic carbocycles. The number of carbonyl (C=O) groups excluding carboxylic acids is 1. The number of carbonyl (C=O) groups is 1. The molecule has 0 spiro atoms. The fourth-order valence-corrected chi connectivity index (χ4v) is 3.16. The number of benzene rings is 1. The van der Waals surface area contributed by atoms with Crippen molar-refractivity contribution < 1.29 is 24.5 Å². The average molecular weight is 365 g/mol. The van der Waals surface area contributed by atoms with Gasteiger partial charge in [-0.3, -0.25) is 4.79 Å². The van der Waals surface area contributed by atoms with Crippen LogP contribution in [-0.2, 0) is 4.79 Å². The molecular formula is C18H23NO5S. The first-order chi connectivity index (χ1) is 12.0. The van der Waals surface area contributed by atoms with E-state index in [4.69, 9.17) is 21.7 Å². The molecule has 25 heavy (non-hydrogen) atoms. The summed E-state index contributed by atoms with van der Waals surface area (Å²) in [7, 11) is 3.12. The van der Waals surface area contributed by atoms with E-state index in [0.717, 1.165) is 11.1 Å². The molecule has 2 rings (SSSR count). The van der Waals surface area contributed by atoms with Gasteiger partial charge in [0.15, 0.2) is 0 Å². The Morgan fingerprint density at radius 3 is 2.76 bits per heavy atom. The first-order valence-corrected chi connectivity index (χ1v) is 8.46. The van der Waals surface area contributed by atoms with Crippen LogP contribution in [0.4, 0.5) is 0 Å². The van der Waals surface area contributed by atoms with Crippen molar-refractivity contribution >= 4 is 28.7 Å². The highest BCUT2D eigenvalue weighted by Gasteiger charge is 2.25. The molecule has 6 nitrogen and oxygen atoms in total. The van der Waals surface area contributed by atoms with Gasteiger partial charge in [-0.2, -0.15) is 0 Å². The summed E-state index contributed by atoms with van der Waals surface area (Å²) >= 11 is 5.15. The molecule has 0 saturated heterocycles. The molecular weight excluding hydrogens is 342 g/mol. The summed E-state index contributed by atoms with van der Waals surface area (Å²) in [5, 5.41) is 21.8. The first-order valence-electron chi connectivity index (χ1n) is 8.05. The molecule has 0 radical (unpaired) electrons. The minimum absolute atomic E-state index is 0.145. The van der Waals surface area contributed by atoms with Crippen molar-refractivity contribution in [1.29, 1.82) is 0 Å². The van der Waals surface area contributed by atoms with Crippen LogP contribution in [0.1, 0.15) is 24.8 Å². The predicted octanol–water partition coefficient (Wildman–Crippen LogP) is 1.68. The Morgan fingerprint density at radius 1 is 1.36 bits per heavy atom. The van der Waals surface area contributed by atoms with Crippen molar-refractivity contribution in [2.45, 2.75) is 25.4 Å². The molecule has 1 heterocycles. The van der Waals surface area contributed by atoms with Gasteiger partial charge in [0.2, 0.25) is 5.91 Å². The van der Waals surface area contributed by atoms with Crippen LogP contribution >= 0.6 is 12.2 Å². The number of aliphatic hydroxyl groups is 2. The number of hydrogen-bond acceptors (Lipinski definition) is 6. The molecule has 0 fully saturated rings. The predicted molar refractivity (Wildman–Crippen MR) is 98.7 cm³/mol. The van der Waals surface area contributed by atoms with Gasteiger partial charge in [-0.05, 0) is 42.9 Å². The second kappa shape index (κ2) is 8.94. The first kappa shape index (κ1) is 19.4. The smallest absolute Gasteiger partial charge is 0.249 e. The van der Waals surface area contributed by atoms with E-state index in [9.17, 15) is 15.0 Å². The van der Waals surface area contributed by atoms with Gasteiger partial charge in [0.25, 0.3) is 0 Å². The van der Waals surface area contributed by atoms with Crippen molar-refractivity contribution in [2.24, 2.45) is 5.92 Å². The van der Waals surface area contributed by atoms with Crippen LogP contribution in [0.5, 0.6) is 11.5 Å². The van der Waals surface area contributed by atoms with Gasteiger partial charge in [0.1, 0.15) is 11.5 Å². The fraction of sp³-hybridized carbons (Fsp3) is 0.444. The number of allylic oxidation sites excluding steroid dienone is 1. The Balaban J connectivity index is 2.49. The number of amides is 1. The lowest BCUT2D eigenvalue weighted by molar-refractivity contribution is -0.115. The van der Waals surface area contributed by atoms with Crippen LogP contribution < -0.4 is 14.8 Å². The van der Waals surface area contributed by atoms with Crippen LogP contribution in [0.25, 0.3) is 5.57 Å². The molecule has 0 aromatic heterocycles. The molecule has 1 aliphatic rings. The normalized spacial score (nSPS) is 21.4. The monoisotopic (exact) mass is 365 g/mol. The third-order valence-electron chi connectivity index (χ3n) is 4.20. The molecule has 0 bridgehead atoms. The van der Waals surface area contributed by atoms with Gasteiger partial charge in [0.05, 0.1) is 31.9 Å². The molecule has 1 aliphatic heterocycles. The Labute approximate surface area is 152 Å². The lowest BCUT2D eigenvalue weighted by atomic mass is 9.83. The zero-order valence-corrected chi connectivity index (χ0v) is 15.1. The van der Waals surface area contributed by atoms with Crippen LogP contribution in [0, 0.1) is 5.92 Å². The van der Waals surface area contributed by atoms with E-state index in [1.54, 1.807) is 26.4 Å². The molecule has 1 aromatic rings. The van der Waals surface area contributed by atoms with Crippen LogP contribution in [0.2, 0.25) is 0 Å². The topological polar surface area (TPSA) is 88.0 Å². The quantitative estimate of drug-likeness (QED) is 0.665. The molecule has 3 N–H and O–H groups in total. The summed E-state index contributed by atoms with van der Waals surface area (Å²) in [6.45, 7) is -0.333. The lowest BCUT2D eigenvalue weighted by Crippen LogP contribution is -2.31. The standard InChI is InChI=1S/C18H23NO5S/c1-23-13-4-5-14(16(8-13)24-2)15-9-17(22)19-18(25)6-3-11(15)7-12(21)10-20/h4-5,8-9,11-12,20-21H,3,6-7,10H2,1-2H3,(H,19,22,25)/b15-9+/t11?,12-/m0/s1. The molecule has 136 valence electrons. The fourth-order valence-electron chi connectivity index (χ4n) is 2.94. The number of aliphatic hydroxyl groups excluding tert-OH is 2. The van der Waals surface area contributed by atoms with E-state index in [1.165, 1.54) is 6.08 Å². The summed E-state index contributed by atoms with van der Waals surface area (Å²) in [4.78, 5) is 12.7. The summed E-state index contributed by atoms with van der Waals surface area (Å²) in [5.41, 5.74) is 1.49. The maximum absolute atomic E-state index is 12.2. The second-order valence-corrected chi connectivity index (χ2v) is 6.38. The Hall–Kier alpha value is -1.96. The Morgan fingerprint density at radius 2 is 2.12 bits per heavy atom. The molecule has 0 aliphatic carbocycles. The van der Waals surface area contributed by atoms with Crippen molar-refractivity contribution in [2.75, 3.05) is 20.8 Å². The van der Waals surface area contributed by atoms with Crippen molar-refractivity contribution in [3.05, 3.63) is 29.8 Å². The zero-order valence-electron chi connectivity index (χ0n) is 14.3. The Kier molecular flexibility index (Phi) is 6.92. The maximum atomic E-state index is 12.2. The van der Waals surface area contributed by atoms with E-state index in [1.807, 2.05) is 6.07 Å². The van der Waals surface area contributed by atoms with Gasteiger partial charge in [-0.15, -0.1) is 0 Å². The van der Waals surface area contributed by atoms with Gasteiger partial charge >= 0.3 is 0 Å². The largest absolute Gasteiger partial charge is 0.497 e. The van der Waals surface area contributed by atoms with Crippen LogP contribution in [0.15, 0.2) is 24.3 Å². The minimum atomic E-state index is -0.867. The average Bonchev–Trinajstić information content (AvgIpc) is 2.61. The summed E-state index contributed by atoms with van der Waals surface area (Å²) < 4.78 is 10.7. The Bertz CT molecular complexity index is 673. The second-order valence-electron chi connectivity index (χ2n) is 5.89. The van der Waals surface area contributed by atoms with Gasteiger partial charge in [-0.1, -0.05) is 12.2 Å². The number of ether oxygens (including phenoxy) is 2. The van der Waals surface area contributed by atoms with E-state index in [0.29, 0.717) is 35.7 Å². The zero-order chi connectivity index (χ0) is 18.4. The lowest BCUT2D eigenvalue weighted by Gasteiger charge is -2.26. The number of thiocarbonyl (C=S) groups is 1. The molecule has 7 heteroatoms. The minimum Gasteiger partial charge on any atom is -0.497 e. The number of methoxy groups -OCH3 is 2. The van der Waals surface area contributed by atoms with Crippen molar-refractivity contribution in [3.8, 4) is 11.5 Å². The van der Waals surface area contributed by atoms with Crippen LogP contribution in [-0.4, -0.2) is 48.0 Å². The highest BCUT2D eigenvalue weighted by molar-refractivity contribution is 7.80. The molecule has 1 unspecified atom stereocenters. The summed E-state index contributed by atoms with van der Waals surface area (Å²) in [6, 6.07) is 5.37. The third-order valence-corrected chi connectivity index (χ3v) is 4.50. The van der Waals surface area contributed by atoms with Crippen molar-refractivity contribution in [3.63, 3.8) is 0 Å². The summed E-state index contributed by atoms with van der Waals surface area (Å²) in [6.07, 6.45) is 2.13. The van der Waals surface area contributed by atoms with E-state index in [-0.39, 0.29) is 18.4 Å². The van der Waals surface area contributed by atoms with E-state index < -0.39 is 6.10 Å². The summed E-state index contributed by atoms with van der Waals surface area (Å²) in [5.74, 6) is 0.768. The highest BCUT2D eigenvalue weighted by Crippen LogP contribution is 2.38. The number of hydrogen-bond donors (Lipinski definition) is 3. The van der Waals surface area contributed by atoms with Gasteiger partial charge in [0, 0.05) is 17.7 Å². The molecule has 1 amide bonds. The third kappa shape index (κ3) is 5.01. The van der Waals surface area contributed by atoms with Gasteiger partial charge < -0.3 is 25.0 Å². The highest BCUT2D eigenvalue weighted by atomic mass is 32.1. The van der Waals surface area contributed by atoms with E-state index >= 15 is 0 Å². The van der Waals surface area contributed by atoms with E-state index in [2.05, 4.69) is 5.32 Å². The molecule has 2 atom stereocenters. The van der Waals surface area contributed by atoms with Crippen molar-refractivity contribution in [1.82, 2.24) is 5.32 Å².